The lowest BCUT2D eigenvalue weighted by molar-refractivity contribution is -0.118. The average Bonchev–Trinajstić information content (AvgIpc) is 2.75. The van der Waals surface area contributed by atoms with Crippen molar-refractivity contribution in [2.24, 2.45) is 5.73 Å². The molecule has 5 nitrogen and oxygen atoms in total. The van der Waals surface area contributed by atoms with Gasteiger partial charge in [-0.3, -0.25) is 9.48 Å². The summed E-state index contributed by atoms with van der Waals surface area (Å²) in [6.45, 7) is 0.488. The molecule has 0 aliphatic rings. The van der Waals surface area contributed by atoms with Gasteiger partial charge in [-0.2, -0.15) is 5.10 Å². The van der Waals surface area contributed by atoms with E-state index >= 15 is 0 Å². The van der Waals surface area contributed by atoms with E-state index < -0.39 is 0 Å². The van der Waals surface area contributed by atoms with Crippen LogP contribution in [0.15, 0.2) is 36.7 Å². The minimum Gasteiger partial charge on any atom is -0.398 e. The number of hydrogen-bond donors (Lipinski definition) is 2. The second-order valence-electron chi connectivity index (χ2n) is 3.80. The molecule has 0 fully saturated rings. The third-order valence-electron chi connectivity index (χ3n) is 2.49. The number of nitrogen functional groups attached to an aromatic ring is 1. The van der Waals surface area contributed by atoms with Gasteiger partial charge in [0.25, 0.3) is 0 Å². The average molecular weight is 230 g/mol. The Kier molecular flexibility index (Phi) is 3.09. The van der Waals surface area contributed by atoms with Crippen LogP contribution < -0.4 is 11.5 Å². The molecule has 0 atom stereocenters. The molecule has 2 rings (SSSR count). The summed E-state index contributed by atoms with van der Waals surface area (Å²) in [5.41, 5.74) is 13.5. The van der Waals surface area contributed by atoms with Gasteiger partial charge in [-0.05, 0) is 6.07 Å². The van der Waals surface area contributed by atoms with Gasteiger partial charge in [-0.15, -0.1) is 0 Å². The summed E-state index contributed by atoms with van der Waals surface area (Å²) in [5.74, 6) is -0.332. The van der Waals surface area contributed by atoms with Crippen LogP contribution in [0.1, 0.15) is 6.42 Å². The van der Waals surface area contributed by atoms with Crippen molar-refractivity contribution in [1.82, 2.24) is 9.78 Å². The molecule has 0 unspecified atom stereocenters. The van der Waals surface area contributed by atoms with Gasteiger partial charge in [0.2, 0.25) is 5.91 Å². The van der Waals surface area contributed by atoms with Crippen LogP contribution in [0.3, 0.4) is 0 Å². The molecular weight excluding hydrogens is 216 g/mol. The van der Waals surface area contributed by atoms with E-state index in [1.165, 1.54) is 0 Å². The molecule has 0 bridgehead atoms. The van der Waals surface area contributed by atoms with E-state index in [1.807, 2.05) is 30.5 Å². The highest BCUT2D eigenvalue weighted by molar-refractivity contribution is 5.75. The molecule has 0 saturated heterocycles. The summed E-state index contributed by atoms with van der Waals surface area (Å²) in [6.07, 6.45) is 3.87. The van der Waals surface area contributed by atoms with E-state index in [9.17, 15) is 4.79 Å². The van der Waals surface area contributed by atoms with Crippen molar-refractivity contribution in [3.05, 3.63) is 36.7 Å². The molecule has 88 valence electrons. The fourth-order valence-electron chi connectivity index (χ4n) is 1.61. The first-order valence-corrected chi connectivity index (χ1v) is 5.32. The highest BCUT2D eigenvalue weighted by atomic mass is 16.1. The Morgan fingerprint density at radius 2 is 2.12 bits per heavy atom. The van der Waals surface area contributed by atoms with Crippen LogP contribution in [-0.2, 0) is 11.3 Å². The number of anilines is 1. The van der Waals surface area contributed by atoms with E-state index in [2.05, 4.69) is 5.10 Å². The molecule has 1 heterocycles. The Bertz CT molecular complexity index is 533. The lowest BCUT2D eigenvalue weighted by Crippen LogP contribution is -2.13. The first kappa shape index (κ1) is 11.2. The maximum absolute atomic E-state index is 10.7. The van der Waals surface area contributed by atoms with Crippen molar-refractivity contribution in [2.75, 3.05) is 5.73 Å². The quantitative estimate of drug-likeness (QED) is 0.768. The van der Waals surface area contributed by atoms with Gasteiger partial charge < -0.3 is 11.5 Å². The summed E-state index contributed by atoms with van der Waals surface area (Å²) < 4.78 is 1.69. The van der Waals surface area contributed by atoms with Gasteiger partial charge >= 0.3 is 0 Å². The van der Waals surface area contributed by atoms with Crippen LogP contribution >= 0.6 is 0 Å². The van der Waals surface area contributed by atoms with Gasteiger partial charge in [0.1, 0.15) is 0 Å². The van der Waals surface area contributed by atoms with Crippen LogP contribution in [-0.4, -0.2) is 15.7 Å². The van der Waals surface area contributed by atoms with E-state index in [0.717, 1.165) is 11.1 Å². The highest BCUT2D eigenvalue weighted by Crippen LogP contribution is 2.24. The van der Waals surface area contributed by atoms with Crippen LogP contribution in [0, 0.1) is 0 Å². The molecule has 1 aromatic heterocycles. The number of nitrogens with two attached hydrogens (primary N) is 2. The number of carbonyl (C=O) groups is 1. The second-order valence-corrected chi connectivity index (χ2v) is 3.80. The molecular formula is C12H14N4O. The van der Waals surface area contributed by atoms with Gasteiger partial charge in [0.05, 0.1) is 6.20 Å². The van der Waals surface area contributed by atoms with Crippen molar-refractivity contribution in [2.45, 2.75) is 13.0 Å². The Labute approximate surface area is 99.0 Å². The van der Waals surface area contributed by atoms with Gasteiger partial charge in [0.15, 0.2) is 0 Å². The first-order chi connectivity index (χ1) is 8.16. The molecule has 2 aromatic rings. The van der Waals surface area contributed by atoms with Crippen molar-refractivity contribution in [3.8, 4) is 11.1 Å². The molecule has 0 radical (unpaired) electrons. The summed E-state index contributed by atoms with van der Waals surface area (Å²) >= 11 is 0. The van der Waals surface area contributed by atoms with E-state index in [1.54, 1.807) is 10.9 Å². The number of nitrogens with zero attached hydrogens (tertiary/aromatic N) is 2. The van der Waals surface area contributed by atoms with Crippen molar-refractivity contribution in [3.63, 3.8) is 0 Å². The number of aromatic nitrogens is 2. The van der Waals surface area contributed by atoms with Crippen LogP contribution in [0.4, 0.5) is 5.69 Å². The zero-order valence-corrected chi connectivity index (χ0v) is 9.34. The monoisotopic (exact) mass is 230 g/mol. The fraction of sp³-hybridized carbons (Fsp3) is 0.167. The van der Waals surface area contributed by atoms with Crippen LogP contribution in [0.25, 0.3) is 11.1 Å². The number of benzene rings is 1. The summed E-state index contributed by atoms with van der Waals surface area (Å²) in [6, 6.07) is 7.59. The minimum absolute atomic E-state index is 0.283. The lowest BCUT2D eigenvalue weighted by atomic mass is 10.1. The summed E-state index contributed by atoms with van der Waals surface area (Å²) in [5, 5.41) is 4.16. The summed E-state index contributed by atoms with van der Waals surface area (Å²) in [7, 11) is 0. The zero-order valence-electron chi connectivity index (χ0n) is 9.34. The number of aryl methyl sites for hydroxylation is 1. The molecule has 5 heteroatoms. The molecule has 0 saturated carbocycles. The highest BCUT2D eigenvalue weighted by Gasteiger charge is 2.05. The number of carbonyl (C=O) groups excluding carboxylic acids is 1. The fourth-order valence-corrected chi connectivity index (χ4v) is 1.61. The standard InChI is InChI=1S/C12H14N4O/c13-11-4-2-1-3-10(11)9-7-15-16(8-9)6-5-12(14)17/h1-4,7-8H,5-6,13H2,(H2,14,17). The zero-order chi connectivity index (χ0) is 12.3. The molecule has 1 aromatic carbocycles. The number of rotatable bonds is 4. The SMILES string of the molecule is NC(=O)CCn1cc(-c2ccccc2N)cn1. The van der Waals surface area contributed by atoms with Gasteiger partial charge in [-0.25, -0.2) is 0 Å². The van der Waals surface area contributed by atoms with Crippen molar-refractivity contribution < 1.29 is 4.79 Å². The second kappa shape index (κ2) is 4.69. The Morgan fingerprint density at radius 3 is 2.82 bits per heavy atom. The van der Waals surface area contributed by atoms with Crippen LogP contribution in [0.5, 0.6) is 0 Å². The summed E-state index contributed by atoms with van der Waals surface area (Å²) in [4.78, 5) is 10.7. The molecule has 1 amide bonds. The Morgan fingerprint density at radius 1 is 1.35 bits per heavy atom. The third kappa shape index (κ3) is 2.63. The predicted molar refractivity (Wildman–Crippen MR) is 65.9 cm³/mol. The molecule has 17 heavy (non-hydrogen) atoms. The molecule has 0 aliphatic carbocycles. The van der Waals surface area contributed by atoms with E-state index in [0.29, 0.717) is 12.2 Å². The Hall–Kier alpha value is -2.30. The van der Waals surface area contributed by atoms with E-state index in [-0.39, 0.29) is 12.3 Å². The van der Waals surface area contributed by atoms with Gasteiger partial charge in [0, 0.05) is 36.0 Å². The number of para-hydroxylation sites is 1. The molecule has 0 spiro atoms. The smallest absolute Gasteiger partial charge is 0.219 e. The van der Waals surface area contributed by atoms with Crippen molar-refractivity contribution >= 4 is 11.6 Å². The largest absolute Gasteiger partial charge is 0.398 e. The maximum Gasteiger partial charge on any atom is 0.219 e. The number of primary amides is 1. The van der Waals surface area contributed by atoms with Crippen LogP contribution in [0.2, 0.25) is 0 Å². The predicted octanol–water partition coefficient (Wildman–Crippen LogP) is 1.01. The van der Waals surface area contributed by atoms with E-state index in [4.69, 9.17) is 11.5 Å². The Balaban J connectivity index is 2.18. The first-order valence-electron chi connectivity index (χ1n) is 5.32. The number of hydrogen-bond acceptors (Lipinski definition) is 3. The lowest BCUT2D eigenvalue weighted by Gasteiger charge is -2.01. The van der Waals surface area contributed by atoms with Crippen molar-refractivity contribution in [1.29, 1.82) is 0 Å². The maximum atomic E-state index is 10.7. The molecule has 4 N–H and O–H groups in total. The topological polar surface area (TPSA) is 86.9 Å². The number of amides is 1. The normalized spacial score (nSPS) is 10.4. The molecule has 0 aliphatic heterocycles. The third-order valence-corrected chi connectivity index (χ3v) is 2.49. The van der Waals surface area contributed by atoms with Gasteiger partial charge in [-0.1, -0.05) is 18.2 Å². The minimum atomic E-state index is -0.332.